The van der Waals surface area contributed by atoms with Crippen LogP contribution in [-0.2, 0) is 31.8 Å². The first-order valence-electron chi connectivity index (χ1n) is 23.3. The van der Waals surface area contributed by atoms with Crippen LogP contribution in [0, 0.1) is 0 Å². The van der Waals surface area contributed by atoms with Gasteiger partial charge in [0.2, 0.25) is 0 Å². The molecule has 0 amide bonds. The second-order valence-corrected chi connectivity index (χ2v) is 16.5. The molecule has 8 bridgehead atoms. The van der Waals surface area contributed by atoms with Gasteiger partial charge in [0.25, 0.3) is 0 Å². The van der Waals surface area contributed by atoms with Gasteiger partial charge >= 0.3 is 23.9 Å². The molecule has 7 aromatic rings. The maximum Gasteiger partial charge on any atom is 0.338 e. The fourth-order valence-electron chi connectivity index (χ4n) is 9.00. The molecule has 2 aliphatic heterocycles. The molecule has 2 atom stereocenters. The summed E-state index contributed by atoms with van der Waals surface area (Å²) in [6.45, 7) is 7.84. The number of aromatic nitrogens is 4. The number of esters is 4. The molecule has 14 heteroatoms. The number of hydrogen-bond donors (Lipinski definition) is 4. The number of rotatable bonds is 12. The number of aliphatic hydroxyl groups excluding tert-OH is 2. The fraction of sp³-hybridized carbons (Fsp3) is 0.214. The number of carbonyl (C=O) groups is 4. The second kappa shape index (κ2) is 20.2. The summed E-state index contributed by atoms with van der Waals surface area (Å²) in [5.41, 5.74) is 10.8. The Labute approximate surface area is 402 Å². The van der Waals surface area contributed by atoms with Gasteiger partial charge in [0.05, 0.1) is 71.5 Å². The number of ether oxygens (including phenoxy) is 4. The molecule has 0 radical (unpaired) electrons. The highest BCUT2D eigenvalue weighted by atomic mass is 16.5. The number of carbonyl (C=O) groups excluding carboxylic acids is 4. The van der Waals surface area contributed by atoms with Crippen LogP contribution in [0.15, 0.2) is 121 Å². The molecule has 9 rings (SSSR count). The first kappa shape index (κ1) is 46.9. The minimum Gasteiger partial charge on any atom is -0.462 e. The molecule has 0 unspecified atom stereocenters. The van der Waals surface area contributed by atoms with Crippen molar-refractivity contribution in [1.82, 2.24) is 19.9 Å². The van der Waals surface area contributed by atoms with Crippen molar-refractivity contribution in [3.8, 4) is 44.5 Å². The number of benzene rings is 4. The van der Waals surface area contributed by atoms with Gasteiger partial charge < -0.3 is 39.1 Å². The minimum absolute atomic E-state index is 0.155. The van der Waals surface area contributed by atoms with Gasteiger partial charge in [0.15, 0.2) is 0 Å². The molecular weight excluding hydrogens is 889 g/mol. The largest absolute Gasteiger partial charge is 0.462 e. The van der Waals surface area contributed by atoms with E-state index in [1.807, 2.05) is 48.5 Å². The average molecular weight is 939 g/mol. The number of hydrogen-bond acceptors (Lipinski definition) is 12. The number of fused-ring (bicyclic) bond motifs is 8. The van der Waals surface area contributed by atoms with E-state index >= 15 is 0 Å². The number of nitrogens with one attached hydrogen (secondary N) is 2. The van der Waals surface area contributed by atoms with Crippen molar-refractivity contribution in [2.24, 2.45) is 0 Å². The fourth-order valence-corrected chi connectivity index (χ4v) is 9.00. The van der Waals surface area contributed by atoms with Crippen LogP contribution in [0.3, 0.4) is 0 Å². The molecule has 70 heavy (non-hydrogen) atoms. The Morgan fingerprint density at radius 1 is 0.414 bits per heavy atom. The zero-order valence-corrected chi connectivity index (χ0v) is 39.0. The maximum atomic E-state index is 12.8. The van der Waals surface area contributed by atoms with Crippen molar-refractivity contribution in [3.63, 3.8) is 0 Å². The second-order valence-electron chi connectivity index (χ2n) is 16.5. The number of H-pyrrole nitrogens is 2. The molecular formula is C56H50N4O10. The van der Waals surface area contributed by atoms with E-state index < -0.39 is 36.1 Å². The number of aliphatic hydroxyl groups is 2. The van der Waals surface area contributed by atoms with Crippen LogP contribution in [0.1, 0.15) is 104 Å². The van der Waals surface area contributed by atoms with Crippen LogP contribution < -0.4 is 0 Å². The van der Waals surface area contributed by atoms with E-state index in [-0.39, 0.29) is 37.8 Å². The van der Waals surface area contributed by atoms with Gasteiger partial charge in [-0.25, -0.2) is 19.2 Å². The Balaban J connectivity index is 1.40. The van der Waals surface area contributed by atoms with Crippen molar-refractivity contribution >= 4 is 45.9 Å². The standard InChI is InChI=1S/C56H50N4O10/c1-5-67-53(63)35-17-9-31(10-18-35)45-39-25-26-40(57-39)46(32-11-19-36(20-12-32)54(64)68-6-2)42-28-30-44(59-42)48(34-15-23-38(24-16-34)56(66)70-8-4)50-52(62)51(61)49(60-50)47(43-29-27-41(45)58-43)33-13-21-37(22-14-33)55(65)69-7-3/h9-24,27-30,51-52,58-59,61-62H,5-8,25-26H2,1-4H3/t51-,52+. The molecule has 0 saturated carbocycles. The van der Waals surface area contributed by atoms with E-state index in [2.05, 4.69) is 9.97 Å². The van der Waals surface area contributed by atoms with Crippen LogP contribution >= 0.6 is 0 Å². The summed E-state index contributed by atoms with van der Waals surface area (Å²) in [6, 6.07) is 35.4. The van der Waals surface area contributed by atoms with Crippen LogP contribution in [0.5, 0.6) is 0 Å². The first-order chi connectivity index (χ1) is 34.0. The summed E-state index contributed by atoms with van der Waals surface area (Å²) in [7, 11) is 0. The summed E-state index contributed by atoms with van der Waals surface area (Å²) in [5.74, 6) is -1.86. The smallest absolute Gasteiger partial charge is 0.338 e. The molecule has 4 aromatic carbocycles. The van der Waals surface area contributed by atoms with Crippen molar-refractivity contribution in [1.29, 1.82) is 0 Å². The van der Waals surface area contributed by atoms with Gasteiger partial charge in [0.1, 0.15) is 12.2 Å². The van der Waals surface area contributed by atoms with Crippen LogP contribution in [0.4, 0.5) is 0 Å². The van der Waals surface area contributed by atoms with Gasteiger partial charge in [-0.15, -0.1) is 0 Å². The molecule has 14 nitrogen and oxygen atoms in total. The summed E-state index contributed by atoms with van der Waals surface area (Å²) < 4.78 is 21.1. The average Bonchev–Trinajstić information content (AvgIpc) is 4.21. The summed E-state index contributed by atoms with van der Waals surface area (Å²) in [5, 5.41) is 24.5. The highest BCUT2D eigenvalue weighted by Gasteiger charge is 2.35. The van der Waals surface area contributed by atoms with Crippen molar-refractivity contribution < 1.29 is 48.3 Å². The summed E-state index contributed by atoms with van der Waals surface area (Å²) >= 11 is 0. The predicted octanol–water partition coefficient (Wildman–Crippen LogP) is 10.2. The molecule has 3 aromatic heterocycles. The Morgan fingerprint density at radius 2 is 0.671 bits per heavy atom. The van der Waals surface area contributed by atoms with Gasteiger partial charge in [-0.2, -0.15) is 0 Å². The molecule has 0 saturated heterocycles. The molecule has 0 fully saturated rings. The van der Waals surface area contributed by atoms with E-state index in [1.165, 1.54) is 0 Å². The number of aromatic amines is 2. The lowest BCUT2D eigenvalue weighted by molar-refractivity contribution is 0.0260. The van der Waals surface area contributed by atoms with Crippen molar-refractivity contribution in [2.45, 2.75) is 52.7 Å². The Kier molecular flexibility index (Phi) is 13.5. The number of aryl methyl sites for hydroxylation is 2. The normalized spacial score (nSPS) is 14.2. The lowest BCUT2D eigenvalue weighted by atomic mass is 9.96. The molecule has 0 spiro atoms. The van der Waals surface area contributed by atoms with Gasteiger partial charge in [-0.1, -0.05) is 48.5 Å². The van der Waals surface area contributed by atoms with E-state index in [9.17, 15) is 29.4 Å². The zero-order chi connectivity index (χ0) is 49.1. The quantitative estimate of drug-likeness (QED) is 0.0668. The molecule has 354 valence electrons. The van der Waals surface area contributed by atoms with Crippen LogP contribution in [-0.4, -0.2) is 80.5 Å². The lowest BCUT2D eigenvalue weighted by Gasteiger charge is -2.13. The predicted molar refractivity (Wildman–Crippen MR) is 264 cm³/mol. The summed E-state index contributed by atoms with van der Waals surface area (Å²) in [6.07, 6.45) is -2.00. The van der Waals surface area contributed by atoms with E-state index in [0.717, 1.165) is 33.6 Å². The topological polar surface area (TPSA) is 203 Å². The van der Waals surface area contributed by atoms with Gasteiger partial charge in [-0.05, 0) is 136 Å². The van der Waals surface area contributed by atoms with Crippen LogP contribution in [0.25, 0.3) is 66.6 Å². The monoisotopic (exact) mass is 938 g/mol. The molecule has 4 N–H and O–H groups in total. The third-order valence-electron chi connectivity index (χ3n) is 12.2. The number of nitrogens with zero attached hydrogens (tertiary/aromatic N) is 2. The highest BCUT2D eigenvalue weighted by molar-refractivity contribution is 5.96. The van der Waals surface area contributed by atoms with E-state index in [4.69, 9.17) is 28.9 Å². The highest BCUT2D eigenvalue weighted by Crippen LogP contribution is 2.44. The lowest BCUT2D eigenvalue weighted by Crippen LogP contribution is -2.06. The Bertz CT molecular complexity index is 3080. The Morgan fingerprint density at radius 3 is 0.943 bits per heavy atom. The van der Waals surface area contributed by atoms with Crippen molar-refractivity contribution in [3.05, 3.63) is 166 Å². The SMILES string of the molecule is CCOC(=O)c1ccc(-c2c3nc(c(-c4ccc(C(=O)OCC)cc4)c4ccc([nH]4)c(-c4ccc(C(=O)OCC)cc4)c4nc(c(-c5ccc(C(=O)OCC)cc5)c5ccc2[nH]5)[C@@H](O)[C@H]4O)CC3)cc1. The molecule has 5 heterocycles. The molecule has 2 aliphatic rings. The third kappa shape index (κ3) is 9.09. The summed E-state index contributed by atoms with van der Waals surface area (Å²) in [4.78, 5) is 68.9. The molecule has 0 aliphatic carbocycles. The minimum atomic E-state index is -1.53. The van der Waals surface area contributed by atoms with Crippen molar-refractivity contribution in [2.75, 3.05) is 26.4 Å². The maximum absolute atomic E-state index is 12.8. The van der Waals surface area contributed by atoms with E-state index in [0.29, 0.717) is 79.4 Å². The third-order valence-corrected chi connectivity index (χ3v) is 12.2. The van der Waals surface area contributed by atoms with Crippen LogP contribution in [0.2, 0.25) is 0 Å². The Hall–Kier alpha value is -8.20. The van der Waals surface area contributed by atoms with Gasteiger partial charge in [0, 0.05) is 44.3 Å². The zero-order valence-electron chi connectivity index (χ0n) is 39.0. The first-order valence-corrected chi connectivity index (χ1v) is 23.3. The van der Waals surface area contributed by atoms with Gasteiger partial charge in [-0.3, -0.25) is 9.97 Å². The van der Waals surface area contributed by atoms with E-state index in [1.54, 1.807) is 100 Å².